The van der Waals surface area contributed by atoms with Gasteiger partial charge < -0.3 is 10.5 Å². The fourth-order valence-electron chi connectivity index (χ4n) is 1.34. The third-order valence-corrected chi connectivity index (χ3v) is 2.97. The van der Waals surface area contributed by atoms with Crippen LogP contribution in [0.5, 0.6) is 11.6 Å². The zero-order valence-corrected chi connectivity index (χ0v) is 10.7. The summed E-state index contributed by atoms with van der Waals surface area (Å²) in [4.78, 5) is 3.97. The molecule has 0 aliphatic heterocycles. The molecule has 18 heavy (non-hydrogen) atoms. The van der Waals surface area contributed by atoms with Crippen molar-refractivity contribution in [1.29, 1.82) is 0 Å². The lowest BCUT2D eigenvalue weighted by atomic mass is 10.2. The van der Waals surface area contributed by atoms with E-state index in [1.807, 2.05) is 0 Å². The van der Waals surface area contributed by atoms with E-state index in [1.165, 1.54) is 18.3 Å². The lowest BCUT2D eigenvalue weighted by molar-refractivity contribution is 0.457. The summed E-state index contributed by atoms with van der Waals surface area (Å²) in [6, 6.07) is 5.78. The smallest absolute Gasteiger partial charge is 0.238 e. The molecular formula is C12H9Cl2FN2O. The molecule has 2 N–H and O–H groups in total. The average Bonchev–Trinajstić information content (AvgIpc) is 2.36. The standard InChI is InChI=1S/C12H9Cl2FN2O/c13-9-2-1-8(5-10(9)15)18-12-11(14)7(6-16)3-4-17-12/h1-5H,6,16H2. The van der Waals surface area contributed by atoms with E-state index in [4.69, 9.17) is 33.7 Å². The van der Waals surface area contributed by atoms with Crippen molar-refractivity contribution in [2.45, 2.75) is 6.54 Å². The fraction of sp³-hybridized carbons (Fsp3) is 0.0833. The van der Waals surface area contributed by atoms with Gasteiger partial charge in [-0.2, -0.15) is 0 Å². The van der Waals surface area contributed by atoms with Gasteiger partial charge in [0.15, 0.2) is 0 Å². The van der Waals surface area contributed by atoms with E-state index in [0.29, 0.717) is 10.6 Å². The van der Waals surface area contributed by atoms with Gasteiger partial charge in [-0.1, -0.05) is 23.2 Å². The Morgan fingerprint density at radius 3 is 2.72 bits per heavy atom. The van der Waals surface area contributed by atoms with Crippen LogP contribution in [-0.2, 0) is 6.54 Å². The molecule has 94 valence electrons. The van der Waals surface area contributed by atoms with Gasteiger partial charge in [-0.25, -0.2) is 9.37 Å². The second-order valence-corrected chi connectivity index (χ2v) is 4.26. The Bertz CT molecular complexity index is 578. The van der Waals surface area contributed by atoms with Crippen LogP contribution in [0, 0.1) is 5.82 Å². The molecule has 1 aromatic carbocycles. The highest BCUT2D eigenvalue weighted by molar-refractivity contribution is 6.32. The normalized spacial score (nSPS) is 10.4. The van der Waals surface area contributed by atoms with E-state index in [0.717, 1.165) is 6.07 Å². The molecule has 0 amide bonds. The van der Waals surface area contributed by atoms with Crippen molar-refractivity contribution in [1.82, 2.24) is 4.98 Å². The number of hydrogen-bond donors (Lipinski definition) is 1. The quantitative estimate of drug-likeness (QED) is 0.934. The van der Waals surface area contributed by atoms with Gasteiger partial charge in [0.05, 0.1) is 5.02 Å². The molecule has 1 aromatic heterocycles. The maximum absolute atomic E-state index is 13.2. The number of rotatable bonds is 3. The monoisotopic (exact) mass is 286 g/mol. The van der Waals surface area contributed by atoms with Gasteiger partial charge in [0.1, 0.15) is 16.6 Å². The average molecular weight is 287 g/mol. The first-order valence-electron chi connectivity index (χ1n) is 5.08. The molecule has 0 bridgehead atoms. The van der Waals surface area contributed by atoms with E-state index in [9.17, 15) is 4.39 Å². The van der Waals surface area contributed by atoms with Crippen molar-refractivity contribution in [2.75, 3.05) is 0 Å². The largest absolute Gasteiger partial charge is 0.437 e. The first kappa shape index (κ1) is 13.1. The zero-order valence-electron chi connectivity index (χ0n) is 9.16. The molecule has 2 aromatic rings. The predicted molar refractivity (Wildman–Crippen MR) is 68.6 cm³/mol. The first-order valence-corrected chi connectivity index (χ1v) is 5.83. The van der Waals surface area contributed by atoms with Crippen molar-refractivity contribution in [3.05, 3.63) is 51.9 Å². The molecule has 0 fully saturated rings. The minimum atomic E-state index is -0.569. The summed E-state index contributed by atoms with van der Waals surface area (Å²) >= 11 is 11.6. The Kier molecular flexibility index (Phi) is 4.01. The van der Waals surface area contributed by atoms with Crippen molar-refractivity contribution < 1.29 is 9.13 Å². The highest BCUT2D eigenvalue weighted by Gasteiger charge is 2.10. The molecule has 0 unspecified atom stereocenters. The maximum atomic E-state index is 13.2. The molecule has 2 rings (SSSR count). The number of hydrogen-bond acceptors (Lipinski definition) is 3. The predicted octanol–water partition coefficient (Wildman–Crippen LogP) is 3.78. The van der Waals surface area contributed by atoms with Gasteiger partial charge in [-0.3, -0.25) is 0 Å². The molecule has 0 atom stereocenters. The topological polar surface area (TPSA) is 48.1 Å². The summed E-state index contributed by atoms with van der Waals surface area (Å²) in [5, 5.41) is 0.340. The Morgan fingerprint density at radius 2 is 2.06 bits per heavy atom. The zero-order chi connectivity index (χ0) is 13.1. The molecule has 0 saturated heterocycles. The summed E-state index contributed by atoms with van der Waals surface area (Å²) in [7, 11) is 0. The van der Waals surface area contributed by atoms with Crippen molar-refractivity contribution in [2.24, 2.45) is 5.73 Å². The van der Waals surface area contributed by atoms with Crippen LogP contribution >= 0.6 is 23.2 Å². The Hall–Kier alpha value is -1.36. The van der Waals surface area contributed by atoms with E-state index < -0.39 is 5.82 Å². The number of ether oxygens (including phenoxy) is 1. The molecule has 0 aliphatic carbocycles. The van der Waals surface area contributed by atoms with Crippen LogP contribution in [0.3, 0.4) is 0 Å². The minimum absolute atomic E-state index is 0.0251. The van der Waals surface area contributed by atoms with Crippen LogP contribution in [0.1, 0.15) is 5.56 Å². The highest BCUT2D eigenvalue weighted by atomic mass is 35.5. The number of halogens is 3. The van der Waals surface area contributed by atoms with Gasteiger partial charge in [-0.15, -0.1) is 0 Å². The van der Waals surface area contributed by atoms with Crippen LogP contribution in [0.2, 0.25) is 10.0 Å². The van der Waals surface area contributed by atoms with Crippen LogP contribution in [0.4, 0.5) is 4.39 Å². The Balaban J connectivity index is 2.31. The van der Waals surface area contributed by atoms with E-state index in [-0.39, 0.29) is 23.2 Å². The number of pyridine rings is 1. The first-order chi connectivity index (χ1) is 8.61. The second-order valence-electron chi connectivity index (χ2n) is 3.47. The van der Waals surface area contributed by atoms with E-state index in [1.54, 1.807) is 6.07 Å². The van der Waals surface area contributed by atoms with Crippen molar-refractivity contribution in [3.8, 4) is 11.6 Å². The third-order valence-electron chi connectivity index (χ3n) is 2.26. The summed E-state index contributed by atoms with van der Waals surface area (Å²) < 4.78 is 18.6. The van der Waals surface area contributed by atoms with E-state index >= 15 is 0 Å². The van der Waals surface area contributed by atoms with Crippen molar-refractivity contribution >= 4 is 23.2 Å². The SMILES string of the molecule is NCc1ccnc(Oc2ccc(Cl)c(F)c2)c1Cl. The number of nitrogens with zero attached hydrogens (tertiary/aromatic N) is 1. The van der Waals surface area contributed by atoms with Crippen molar-refractivity contribution in [3.63, 3.8) is 0 Å². The summed E-state index contributed by atoms with van der Waals surface area (Å²) in [6.45, 7) is 0.271. The number of aromatic nitrogens is 1. The number of benzene rings is 1. The van der Waals surface area contributed by atoms with E-state index in [2.05, 4.69) is 4.98 Å². The van der Waals surface area contributed by atoms with Gasteiger partial charge in [0, 0.05) is 18.8 Å². The Morgan fingerprint density at radius 1 is 1.28 bits per heavy atom. The van der Waals surface area contributed by atoms with Gasteiger partial charge in [-0.05, 0) is 23.8 Å². The molecule has 0 aliphatic rings. The summed E-state index contributed by atoms with van der Waals surface area (Å²) in [6.07, 6.45) is 1.52. The second kappa shape index (κ2) is 5.52. The molecular weight excluding hydrogens is 278 g/mol. The van der Waals surface area contributed by atoms with Gasteiger partial charge in [0.25, 0.3) is 0 Å². The minimum Gasteiger partial charge on any atom is -0.437 e. The lowest BCUT2D eigenvalue weighted by Gasteiger charge is -2.09. The molecule has 3 nitrogen and oxygen atoms in total. The third kappa shape index (κ3) is 2.72. The Labute approximate surface area is 113 Å². The van der Waals surface area contributed by atoms with Crippen LogP contribution in [-0.4, -0.2) is 4.98 Å². The van der Waals surface area contributed by atoms with Gasteiger partial charge >= 0.3 is 0 Å². The summed E-state index contributed by atoms with van der Waals surface area (Å²) in [5.74, 6) is -0.123. The van der Waals surface area contributed by atoms with Gasteiger partial charge in [0.2, 0.25) is 5.88 Å². The lowest BCUT2D eigenvalue weighted by Crippen LogP contribution is -1.99. The highest BCUT2D eigenvalue weighted by Crippen LogP contribution is 2.30. The molecule has 0 saturated carbocycles. The molecule has 0 spiro atoms. The maximum Gasteiger partial charge on any atom is 0.238 e. The molecule has 6 heteroatoms. The fourth-order valence-corrected chi connectivity index (χ4v) is 1.69. The molecule has 1 heterocycles. The molecule has 0 radical (unpaired) electrons. The summed E-state index contributed by atoms with van der Waals surface area (Å²) in [5.41, 5.74) is 6.22. The van der Waals surface area contributed by atoms with Crippen LogP contribution in [0.15, 0.2) is 30.5 Å². The number of nitrogens with two attached hydrogens (primary N) is 1. The van der Waals surface area contributed by atoms with Crippen LogP contribution < -0.4 is 10.5 Å². The van der Waals surface area contributed by atoms with Crippen LogP contribution in [0.25, 0.3) is 0 Å².